The molecule has 20 heavy (non-hydrogen) atoms. The molecule has 0 spiro atoms. The minimum absolute atomic E-state index is 0.0429. The summed E-state index contributed by atoms with van der Waals surface area (Å²) >= 11 is 0. The Bertz CT molecular complexity index is 664. The molecule has 0 aromatic carbocycles. The lowest BCUT2D eigenvalue weighted by atomic mass is 10.1. The number of nitrogens with zero attached hydrogens (tertiary/aromatic N) is 2. The maximum absolute atomic E-state index is 12.0. The molecule has 2 aromatic heterocycles. The molecular weight excluding hydrogens is 256 g/mol. The highest BCUT2D eigenvalue weighted by molar-refractivity contribution is 5.45. The normalized spacial score (nSPS) is 13.4. The average molecular weight is 272 g/mol. The van der Waals surface area contributed by atoms with E-state index in [0.717, 1.165) is 36.3 Å². The van der Waals surface area contributed by atoms with Gasteiger partial charge in [0.05, 0.1) is 12.7 Å². The molecule has 3 rings (SSSR count). The molecule has 2 N–H and O–H groups in total. The molecule has 0 bridgehead atoms. The minimum atomic E-state index is -0.0429. The second kappa shape index (κ2) is 5.32. The number of aromatic amines is 1. The van der Waals surface area contributed by atoms with Gasteiger partial charge in [-0.3, -0.25) is 4.79 Å². The van der Waals surface area contributed by atoms with Crippen LogP contribution in [0.1, 0.15) is 23.4 Å². The quantitative estimate of drug-likeness (QED) is 0.875. The topological polar surface area (TPSA) is 79.9 Å². The number of ether oxygens (including phenoxy) is 1. The third-order valence-corrected chi connectivity index (χ3v) is 3.34. The summed E-state index contributed by atoms with van der Waals surface area (Å²) in [5.41, 5.74) is 1.69. The van der Waals surface area contributed by atoms with Crippen LogP contribution in [0.15, 0.2) is 23.1 Å². The molecule has 1 aliphatic rings. The highest BCUT2D eigenvalue weighted by Crippen LogP contribution is 2.16. The maximum atomic E-state index is 12.0. The van der Waals surface area contributed by atoms with Gasteiger partial charge in [0.15, 0.2) is 0 Å². The Morgan fingerprint density at radius 1 is 1.40 bits per heavy atom. The number of aromatic nitrogens is 3. The summed E-state index contributed by atoms with van der Waals surface area (Å²) in [5.74, 6) is 1.94. The second-order valence-corrected chi connectivity index (χ2v) is 4.76. The Kier molecular flexibility index (Phi) is 3.37. The lowest BCUT2D eigenvalue weighted by molar-refractivity contribution is 0.397. The number of rotatable bonds is 3. The Morgan fingerprint density at radius 3 is 3.05 bits per heavy atom. The Balaban J connectivity index is 1.87. The monoisotopic (exact) mass is 272 g/mol. The minimum Gasteiger partial charge on any atom is -0.481 e. The molecule has 3 heterocycles. The van der Waals surface area contributed by atoms with Crippen LogP contribution in [0.2, 0.25) is 0 Å². The SMILES string of the molecule is COc1ccc(Cc2nc3c(c(=O)[nH]2)CCCN3)cn1. The molecular formula is C14H16N4O2. The number of fused-ring (bicyclic) bond motifs is 1. The molecule has 2 aromatic rings. The summed E-state index contributed by atoms with van der Waals surface area (Å²) in [5, 5.41) is 3.18. The van der Waals surface area contributed by atoms with Gasteiger partial charge in [-0.25, -0.2) is 9.97 Å². The standard InChI is InChI=1S/C14H16N4O2/c1-20-12-5-4-9(8-16-12)7-11-17-13-10(14(19)18-11)3-2-6-15-13/h4-5,8H,2-3,6-7H2,1H3,(H2,15,17,18,19). The van der Waals surface area contributed by atoms with E-state index in [2.05, 4.69) is 20.3 Å². The zero-order valence-corrected chi connectivity index (χ0v) is 11.3. The highest BCUT2D eigenvalue weighted by Gasteiger charge is 2.15. The predicted octanol–water partition coefficient (Wildman–Crippen LogP) is 1.12. The zero-order chi connectivity index (χ0) is 13.9. The molecule has 0 unspecified atom stereocenters. The number of hydrogen-bond acceptors (Lipinski definition) is 5. The van der Waals surface area contributed by atoms with Gasteiger partial charge in [-0.05, 0) is 18.4 Å². The van der Waals surface area contributed by atoms with Crippen molar-refractivity contribution >= 4 is 5.82 Å². The van der Waals surface area contributed by atoms with E-state index in [1.807, 2.05) is 6.07 Å². The summed E-state index contributed by atoms with van der Waals surface area (Å²) < 4.78 is 5.02. The number of methoxy groups -OCH3 is 1. The molecule has 0 saturated carbocycles. The van der Waals surface area contributed by atoms with Crippen LogP contribution in [0.5, 0.6) is 5.88 Å². The first-order chi connectivity index (χ1) is 9.76. The van der Waals surface area contributed by atoms with Crippen molar-refractivity contribution in [2.24, 2.45) is 0 Å². The third-order valence-electron chi connectivity index (χ3n) is 3.34. The van der Waals surface area contributed by atoms with E-state index in [-0.39, 0.29) is 5.56 Å². The van der Waals surface area contributed by atoms with Crippen molar-refractivity contribution < 1.29 is 4.74 Å². The van der Waals surface area contributed by atoms with Crippen LogP contribution in [0.3, 0.4) is 0 Å². The van der Waals surface area contributed by atoms with Crippen molar-refractivity contribution in [3.63, 3.8) is 0 Å². The van der Waals surface area contributed by atoms with E-state index in [0.29, 0.717) is 18.1 Å². The van der Waals surface area contributed by atoms with Crippen LogP contribution in [0.25, 0.3) is 0 Å². The second-order valence-electron chi connectivity index (χ2n) is 4.76. The molecule has 0 fully saturated rings. The van der Waals surface area contributed by atoms with Crippen LogP contribution in [0.4, 0.5) is 5.82 Å². The van der Waals surface area contributed by atoms with Crippen molar-refractivity contribution in [1.29, 1.82) is 0 Å². The molecule has 104 valence electrons. The van der Waals surface area contributed by atoms with Crippen LogP contribution in [-0.2, 0) is 12.8 Å². The van der Waals surface area contributed by atoms with Gasteiger partial charge < -0.3 is 15.0 Å². The highest BCUT2D eigenvalue weighted by atomic mass is 16.5. The fourth-order valence-electron chi connectivity index (χ4n) is 2.31. The molecule has 0 atom stereocenters. The van der Waals surface area contributed by atoms with E-state index >= 15 is 0 Å². The molecule has 6 heteroatoms. The average Bonchev–Trinajstić information content (AvgIpc) is 2.48. The first-order valence-electron chi connectivity index (χ1n) is 6.61. The Morgan fingerprint density at radius 2 is 2.30 bits per heavy atom. The molecule has 0 saturated heterocycles. The van der Waals surface area contributed by atoms with E-state index in [1.54, 1.807) is 19.4 Å². The zero-order valence-electron chi connectivity index (χ0n) is 11.3. The number of H-pyrrole nitrogens is 1. The number of nitrogens with one attached hydrogen (secondary N) is 2. The number of hydrogen-bond donors (Lipinski definition) is 2. The molecule has 1 aliphatic heterocycles. The Hall–Kier alpha value is -2.37. The number of anilines is 1. The smallest absolute Gasteiger partial charge is 0.256 e. The fraction of sp³-hybridized carbons (Fsp3) is 0.357. The molecule has 0 radical (unpaired) electrons. The van der Waals surface area contributed by atoms with Gasteiger partial charge in [-0.2, -0.15) is 0 Å². The van der Waals surface area contributed by atoms with Gasteiger partial charge in [-0.1, -0.05) is 6.07 Å². The van der Waals surface area contributed by atoms with Gasteiger partial charge in [0, 0.05) is 25.2 Å². The first-order valence-corrected chi connectivity index (χ1v) is 6.61. The van der Waals surface area contributed by atoms with E-state index in [4.69, 9.17) is 4.74 Å². The van der Waals surface area contributed by atoms with Gasteiger partial charge in [0.2, 0.25) is 5.88 Å². The molecule has 0 aliphatic carbocycles. The predicted molar refractivity (Wildman–Crippen MR) is 75.3 cm³/mol. The number of pyridine rings is 1. The van der Waals surface area contributed by atoms with Crippen molar-refractivity contribution in [2.75, 3.05) is 19.0 Å². The third kappa shape index (κ3) is 2.49. The first kappa shape index (κ1) is 12.7. The lowest BCUT2D eigenvalue weighted by Gasteiger charge is -2.16. The van der Waals surface area contributed by atoms with Crippen LogP contribution in [0, 0.1) is 0 Å². The summed E-state index contributed by atoms with van der Waals surface area (Å²) in [6, 6.07) is 3.71. The van der Waals surface area contributed by atoms with Gasteiger partial charge in [0.25, 0.3) is 5.56 Å². The van der Waals surface area contributed by atoms with E-state index in [1.165, 1.54) is 0 Å². The van der Waals surface area contributed by atoms with Crippen LogP contribution in [-0.4, -0.2) is 28.6 Å². The largest absolute Gasteiger partial charge is 0.481 e. The lowest BCUT2D eigenvalue weighted by Crippen LogP contribution is -2.25. The summed E-state index contributed by atoms with van der Waals surface area (Å²) in [6.45, 7) is 0.868. The van der Waals surface area contributed by atoms with Crippen LogP contribution < -0.4 is 15.6 Å². The molecule has 6 nitrogen and oxygen atoms in total. The van der Waals surface area contributed by atoms with Gasteiger partial charge >= 0.3 is 0 Å². The maximum Gasteiger partial charge on any atom is 0.256 e. The summed E-state index contributed by atoms with van der Waals surface area (Å²) in [6.07, 6.45) is 4.03. The summed E-state index contributed by atoms with van der Waals surface area (Å²) in [4.78, 5) is 23.5. The van der Waals surface area contributed by atoms with E-state index < -0.39 is 0 Å². The fourth-order valence-corrected chi connectivity index (χ4v) is 2.31. The van der Waals surface area contributed by atoms with Crippen molar-refractivity contribution in [1.82, 2.24) is 15.0 Å². The van der Waals surface area contributed by atoms with Crippen LogP contribution >= 0.6 is 0 Å². The van der Waals surface area contributed by atoms with E-state index in [9.17, 15) is 4.79 Å². The van der Waals surface area contributed by atoms with Crippen molar-refractivity contribution in [2.45, 2.75) is 19.3 Å². The van der Waals surface area contributed by atoms with Gasteiger partial charge in [-0.15, -0.1) is 0 Å². The van der Waals surface area contributed by atoms with Crippen molar-refractivity contribution in [3.05, 3.63) is 45.6 Å². The summed E-state index contributed by atoms with van der Waals surface area (Å²) in [7, 11) is 1.58. The Labute approximate surface area is 116 Å². The van der Waals surface area contributed by atoms with Crippen molar-refractivity contribution in [3.8, 4) is 5.88 Å². The van der Waals surface area contributed by atoms with Gasteiger partial charge in [0.1, 0.15) is 11.6 Å². The molecule has 0 amide bonds.